The van der Waals surface area contributed by atoms with E-state index in [4.69, 9.17) is 5.11 Å². The number of carbonyl (C=O) groups excluding carboxylic acids is 1. The lowest BCUT2D eigenvalue weighted by Gasteiger charge is -2.05. The van der Waals surface area contributed by atoms with Gasteiger partial charge in [-0.3, -0.25) is 4.79 Å². The highest BCUT2D eigenvalue weighted by atomic mass is 32.1. The maximum Gasteiger partial charge on any atom is 0.224 e. The van der Waals surface area contributed by atoms with E-state index in [1.807, 2.05) is 41.1 Å². The zero-order valence-corrected chi connectivity index (χ0v) is 12.5. The monoisotopic (exact) mass is 299 g/mol. The molecule has 0 fully saturated rings. The summed E-state index contributed by atoms with van der Waals surface area (Å²) < 4.78 is 0. The first-order chi connectivity index (χ1) is 10.3. The molecular formula is C17H17NO2S. The van der Waals surface area contributed by atoms with Crippen molar-refractivity contribution in [1.29, 1.82) is 0 Å². The fourth-order valence-electron chi connectivity index (χ4n) is 1.82. The standard InChI is InChI=1S/C17H17NO2S/c19-8-2-1-4-14-5-3-6-15(10-14)12-18-17(20)11-16-7-9-21-13-16/h3,5-7,9-10,13,19H,2,8,11-12H2,(H,18,20). The SMILES string of the molecule is O=C(Cc1ccsc1)NCc1cccc(C#CCCO)c1. The zero-order chi connectivity index (χ0) is 14.9. The number of aliphatic hydroxyl groups excluding tert-OH is 1. The molecule has 0 atom stereocenters. The van der Waals surface area contributed by atoms with Gasteiger partial charge in [0.1, 0.15) is 0 Å². The van der Waals surface area contributed by atoms with Crippen LogP contribution in [0.4, 0.5) is 0 Å². The fraction of sp³-hybridized carbons (Fsp3) is 0.235. The number of rotatable bonds is 5. The zero-order valence-electron chi connectivity index (χ0n) is 11.6. The van der Waals surface area contributed by atoms with Crippen molar-refractivity contribution in [2.24, 2.45) is 0 Å². The Balaban J connectivity index is 1.87. The Labute approximate surface area is 128 Å². The summed E-state index contributed by atoms with van der Waals surface area (Å²) in [6.45, 7) is 0.573. The Morgan fingerprint density at radius 1 is 1.29 bits per heavy atom. The number of carbonyl (C=O) groups is 1. The molecule has 1 aromatic carbocycles. The number of hydrogen-bond donors (Lipinski definition) is 2. The van der Waals surface area contributed by atoms with Gasteiger partial charge in [0.25, 0.3) is 0 Å². The third-order valence-electron chi connectivity index (χ3n) is 2.83. The quantitative estimate of drug-likeness (QED) is 0.833. The van der Waals surface area contributed by atoms with E-state index in [1.165, 1.54) is 0 Å². The normalized spacial score (nSPS) is 9.76. The second-order valence-electron chi connectivity index (χ2n) is 4.56. The minimum atomic E-state index is 0.0187. The molecule has 21 heavy (non-hydrogen) atoms. The van der Waals surface area contributed by atoms with Crippen molar-refractivity contribution in [2.75, 3.05) is 6.61 Å². The van der Waals surface area contributed by atoms with Crippen LogP contribution in [-0.4, -0.2) is 17.6 Å². The van der Waals surface area contributed by atoms with E-state index in [1.54, 1.807) is 11.3 Å². The lowest BCUT2D eigenvalue weighted by Crippen LogP contribution is -2.24. The number of thiophene rings is 1. The maximum atomic E-state index is 11.8. The average Bonchev–Trinajstić information content (AvgIpc) is 2.99. The predicted molar refractivity (Wildman–Crippen MR) is 84.9 cm³/mol. The van der Waals surface area contributed by atoms with E-state index in [9.17, 15) is 4.79 Å². The first-order valence-electron chi connectivity index (χ1n) is 6.74. The minimum Gasteiger partial charge on any atom is -0.395 e. The Morgan fingerprint density at radius 2 is 2.19 bits per heavy atom. The van der Waals surface area contributed by atoms with Crippen LogP contribution >= 0.6 is 11.3 Å². The Hall–Kier alpha value is -2.09. The molecule has 2 N–H and O–H groups in total. The van der Waals surface area contributed by atoms with Crippen molar-refractivity contribution in [3.8, 4) is 11.8 Å². The summed E-state index contributed by atoms with van der Waals surface area (Å²) in [5.74, 6) is 5.89. The molecule has 1 heterocycles. The molecule has 2 aromatic rings. The molecule has 4 heteroatoms. The van der Waals surface area contributed by atoms with Crippen molar-refractivity contribution in [1.82, 2.24) is 5.32 Å². The molecule has 0 aliphatic heterocycles. The van der Waals surface area contributed by atoms with Crippen LogP contribution in [0.3, 0.4) is 0 Å². The molecule has 0 bridgehead atoms. The predicted octanol–water partition coefficient (Wildman–Crippen LogP) is 2.34. The van der Waals surface area contributed by atoms with Gasteiger partial charge in [-0.2, -0.15) is 11.3 Å². The molecule has 0 aliphatic carbocycles. The lowest BCUT2D eigenvalue weighted by molar-refractivity contribution is -0.120. The van der Waals surface area contributed by atoms with Crippen LogP contribution in [0.25, 0.3) is 0 Å². The van der Waals surface area contributed by atoms with Crippen molar-refractivity contribution in [2.45, 2.75) is 19.4 Å². The van der Waals surface area contributed by atoms with Crippen molar-refractivity contribution < 1.29 is 9.90 Å². The third kappa shape index (κ3) is 5.42. The molecule has 0 aliphatic rings. The number of nitrogens with one attached hydrogen (secondary N) is 1. The van der Waals surface area contributed by atoms with Crippen LogP contribution in [0.2, 0.25) is 0 Å². The van der Waals surface area contributed by atoms with Gasteiger partial charge < -0.3 is 10.4 Å². The van der Waals surface area contributed by atoms with Crippen molar-refractivity contribution >= 4 is 17.2 Å². The maximum absolute atomic E-state index is 11.8. The fourth-order valence-corrected chi connectivity index (χ4v) is 2.49. The highest BCUT2D eigenvalue weighted by Gasteiger charge is 2.03. The first-order valence-corrected chi connectivity index (χ1v) is 7.68. The second kappa shape index (κ2) is 8.25. The molecule has 2 rings (SSSR count). The van der Waals surface area contributed by atoms with Crippen molar-refractivity contribution in [3.63, 3.8) is 0 Å². The average molecular weight is 299 g/mol. The summed E-state index contributed by atoms with van der Waals surface area (Å²) in [7, 11) is 0. The van der Waals surface area contributed by atoms with E-state index in [-0.39, 0.29) is 12.5 Å². The minimum absolute atomic E-state index is 0.0187. The van der Waals surface area contributed by atoms with Crippen LogP contribution < -0.4 is 5.32 Å². The van der Waals surface area contributed by atoms with Gasteiger partial charge in [0.15, 0.2) is 0 Å². The number of hydrogen-bond acceptors (Lipinski definition) is 3. The van der Waals surface area contributed by atoms with E-state index >= 15 is 0 Å². The van der Waals surface area contributed by atoms with Gasteiger partial charge in [0.2, 0.25) is 5.91 Å². The van der Waals surface area contributed by atoms with E-state index in [2.05, 4.69) is 17.2 Å². The van der Waals surface area contributed by atoms with Crippen LogP contribution in [0.15, 0.2) is 41.1 Å². The van der Waals surface area contributed by atoms with Crippen molar-refractivity contribution in [3.05, 3.63) is 57.8 Å². The summed E-state index contributed by atoms with van der Waals surface area (Å²) >= 11 is 1.59. The van der Waals surface area contributed by atoms with Crippen LogP contribution in [-0.2, 0) is 17.8 Å². The summed E-state index contributed by atoms with van der Waals surface area (Å²) in [6, 6.07) is 9.71. The van der Waals surface area contributed by atoms with Gasteiger partial charge in [0, 0.05) is 18.5 Å². The molecule has 3 nitrogen and oxygen atoms in total. The molecular weight excluding hydrogens is 282 g/mol. The van der Waals surface area contributed by atoms with Gasteiger partial charge in [-0.05, 0) is 40.1 Å². The molecule has 0 radical (unpaired) electrons. The third-order valence-corrected chi connectivity index (χ3v) is 3.56. The molecule has 1 amide bonds. The second-order valence-corrected chi connectivity index (χ2v) is 5.34. The topological polar surface area (TPSA) is 49.3 Å². The number of benzene rings is 1. The van der Waals surface area contributed by atoms with Crippen LogP contribution in [0.5, 0.6) is 0 Å². The Kier molecular flexibility index (Phi) is 6.01. The first kappa shape index (κ1) is 15.3. The van der Waals surface area contributed by atoms with E-state index in [0.29, 0.717) is 19.4 Å². The van der Waals surface area contributed by atoms with Gasteiger partial charge in [-0.15, -0.1) is 0 Å². The Morgan fingerprint density at radius 3 is 2.95 bits per heavy atom. The summed E-state index contributed by atoms with van der Waals surface area (Å²) in [4.78, 5) is 11.8. The molecule has 0 saturated carbocycles. The summed E-state index contributed by atoms with van der Waals surface area (Å²) in [5, 5.41) is 15.6. The smallest absolute Gasteiger partial charge is 0.224 e. The molecule has 108 valence electrons. The highest BCUT2D eigenvalue weighted by molar-refractivity contribution is 7.07. The van der Waals surface area contributed by atoms with Crippen LogP contribution in [0, 0.1) is 11.8 Å². The Bertz CT molecular complexity index is 638. The van der Waals surface area contributed by atoms with Gasteiger partial charge in [0.05, 0.1) is 13.0 Å². The van der Waals surface area contributed by atoms with Gasteiger partial charge >= 0.3 is 0 Å². The molecule has 1 aromatic heterocycles. The number of aliphatic hydroxyl groups is 1. The van der Waals surface area contributed by atoms with E-state index in [0.717, 1.165) is 16.7 Å². The summed E-state index contributed by atoms with van der Waals surface area (Å²) in [6.07, 6.45) is 0.890. The van der Waals surface area contributed by atoms with E-state index < -0.39 is 0 Å². The summed E-state index contributed by atoms with van der Waals surface area (Å²) in [5.41, 5.74) is 2.96. The molecule has 0 saturated heterocycles. The largest absolute Gasteiger partial charge is 0.395 e. The lowest BCUT2D eigenvalue weighted by atomic mass is 10.1. The molecule has 0 unspecified atom stereocenters. The van der Waals surface area contributed by atoms with Crippen LogP contribution in [0.1, 0.15) is 23.1 Å². The number of amides is 1. The van der Waals surface area contributed by atoms with Gasteiger partial charge in [-0.1, -0.05) is 24.0 Å². The highest BCUT2D eigenvalue weighted by Crippen LogP contribution is 2.07. The van der Waals surface area contributed by atoms with Gasteiger partial charge in [-0.25, -0.2) is 0 Å². The molecule has 0 spiro atoms.